The molecule has 1 atom stereocenters. The molecule has 0 spiro atoms. The second kappa shape index (κ2) is 19.2. The van der Waals surface area contributed by atoms with Gasteiger partial charge in [0.05, 0.1) is 13.2 Å². The first kappa shape index (κ1) is 30.4. The SMILES string of the molecule is CCCCC(CNC(=O)OC(C)(C)C)NC(=NC)NCCCCOCCOC.I. The molecule has 1 unspecified atom stereocenters. The van der Waals surface area contributed by atoms with E-state index in [1.165, 1.54) is 0 Å². The first-order chi connectivity index (χ1) is 13.3. The number of guanidine groups is 1. The average Bonchev–Trinajstić information content (AvgIpc) is 2.63. The van der Waals surface area contributed by atoms with Crippen molar-refractivity contribution < 1.29 is 19.0 Å². The summed E-state index contributed by atoms with van der Waals surface area (Å²) in [6.07, 6.45) is 4.69. The Morgan fingerprint density at radius 3 is 2.38 bits per heavy atom. The fraction of sp³-hybridized carbons (Fsp3) is 0.900. The third-order valence-electron chi connectivity index (χ3n) is 3.80. The second-order valence-corrected chi connectivity index (χ2v) is 7.68. The van der Waals surface area contributed by atoms with E-state index in [0.717, 1.165) is 51.2 Å². The normalized spacial score (nSPS) is 12.7. The van der Waals surface area contributed by atoms with Gasteiger partial charge in [-0.2, -0.15) is 0 Å². The molecule has 0 aliphatic carbocycles. The summed E-state index contributed by atoms with van der Waals surface area (Å²) in [5, 5.41) is 9.56. The summed E-state index contributed by atoms with van der Waals surface area (Å²) in [5.74, 6) is 0.743. The monoisotopic (exact) mass is 530 g/mol. The summed E-state index contributed by atoms with van der Waals surface area (Å²) in [7, 11) is 3.42. The molecule has 0 saturated heterocycles. The number of alkyl carbamates (subject to hydrolysis) is 1. The van der Waals surface area contributed by atoms with Crippen LogP contribution in [-0.4, -0.2) is 70.8 Å². The van der Waals surface area contributed by atoms with E-state index in [1.807, 2.05) is 20.8 Å². The lowest BCUT2D eigenvalue weighted by molar-refractivity contribution is 0.0523. The van der Waals surface area contributed by atoms with Gasteiger partial charge in [0, 0.05) is 39.9 Å². The fourth-order valence-corrected chi connectivity index (χ4v) is 2.36. The van der Waals surface area contributed by atoms with Crippen molar-refractivity contribution in [2.45, 2.75) is 71.4 Å². The van der Waals surface area contributed by atoms with E-state index in [9.17, 15) is 4.79 Å². The third kappa shape index (κ3) is 20.2. The van der Waals surface area contributed by atoms with Crippen LogP contribution < -0.4 is 16.0 Å². The third-order valence-corrected chi connectivity index (χ3v) is 3.80. The van der Waals surface area contributed by atoms with E-state index in [0.29, 0.717) is 19.8 Å². The minimum Gasteiger partial charge on any atom is -0.444 e. The molecule has 0 heterocycles. The number of hydrogen-bond donors (Lipinski definition) is 3. The molecular weight excluding hydrogens is 487 g/mol. The van der Waals surface area contributed by atoms with E-state index in [4.69, 9.17) is 14.2 Å². The van der Waals surface area contributed by atoms with E-state index in [1.54, 1.807) is 14.2 Å². The maximum atomic E-state index is 11.9. The van der Waals surface area contributed by atoms with Crippen molar-refractivity contribution in [3.05, 3.63) is 0 Å². The van der Waals surface area contributed by atoms with Crippen LogP contribution in [-0.2, 0) is 14.2 Å². The molecule has 0 bridgehead atoms. The Balaban J connectivity index is 0. The van der Waals surface area contributed by atoms with Gasteiger partial charge < -0.3 is 30.2 Å². The highest BCUT2D eigenvalue weighted by Gasteiger charge is 2.18. The maximum Gasteiger partial charge on any atom is 0.407 e. The van der Waals surface area contributed by atoms with Gasteiger partial charge in [0.2, 0.25) is 0 Å². The molecule has 3 N–H and O–H groups in total. The topological polar surface area (TPSA) is 93.2 Å². The summed E-state index contributed by atoms with van der Waals surface area (Å²) >= 11 is 0. The van der Waals surface area contributed by atoms with Gasteiger partial charge in [-0.05, 0) is 40.0 Å². The first-order valence-corrected chi connectivity index (χ1v) is 10.3. The highest BCUT2D eigenvalue weighted by atomic mass is 127. The second-order valence-electron chi connectivity index (χ2n) is 7.68. The van der Waals surface area contributed by atoms with Crippen LogP contribution >= 0.6 is 24.0 Å². The van der Waals surface area contributed by atoms with Crippen molar-refractivity contribution in [1.82, 2.24) is 16.0 Å². The largest absolute Gasteiger partial charge is 0.444 e. The molecular formula is C20H43IN4O4. The van der Waals surface area contributed by atoms with E-state index in [-0.39, 0.29) is 30.0 Å². The molecule has 29 heavy (non-hydrogen) atoms. The van der Waals surface area contributed by atoms with Gasteiger partial charge in [0.1, 0.15) is 5.60 Å². The maximum absolute atomic E-state index is 11.9. The number of nitrogens with zero attached hydrogens (tertiary/aromatic N) is 1. The van der Waals surface area contributed by atoms with Gasteiger partial charge in [0.25, 0.3) is 0 Å². The molecule has 0 aromatic heterocycles. The molecule has 0 saturated carbocycles. The van der Waals surface area contributed by atoms with Crippen molar-refractivity contribution >= 4 is 36.0 Å². The van der Waals surface area contributed by atoms with Crippen LogP contribution in [0.1, 0.15) is 59.8 Å². The van der Waals surface area contributed by atoms with E-state index < -0.39 is 11.7 Å². The van der Waals surface area contributed by atoms with Crippen LogP contribution in [0.3, 0.4) is 0 Å². The van der Waals surface area contributed by atoms with Crippen molar-refractivity contribution in [2.24, 2.45) is 4.99 Å². The predicted octanol–water partition coefficient (Wildman–Crippen LogP) is 3.30. The molecule has 1 amide bonds. The summed E-state index contributed by atoms with van der Waals surface area (Å²) in [6, 6.07) is 0.0936. The average molecular weight is 530 g/mol. The minimum atomic E-state index is -0.499. The lowest BCUT2D eigenvalue weighted by Gasteiger charge is -2.24. The van der Waals surface area contributed by atoms with Gasteiger partial charge in [-0.25, -0.2) is 4.79 Å². The Hall–Kier alpha value is -0.810. The number of nitrogens with one attached hydrogen (secondary N) is 3. The van der Waals surface area contributed by atoms with Crippen LogP contribution in [0, 0.1) is 0 Å². The van der Waals surface area contributed by atoms with Crippen molar-refractivity contribution in [3.8, 4) is 0 Å². The molecule has 0 aliphatic rings. The van der Waals surface area contributed by atoms with Crippen LogP contribution in [0.25, 0.3) is 0 Å². The lowest BCUT2D eigenvalue weighted by Crippen LogP contribution is -2.49. The highest BCUT2D eigenvalue weighted by molar-refractivity contribution is 14.0. The summed E-state index contributed by atoms with van der Waals surface area (Å²) < 4.78 is 15.7. The fourth-order valence-electron chi connectivity index (χ4n) is 2.36. The lowest BCUT2D eigenvalue weighted by atomic mass is 10.1. The number of hydrogen-bond acceptors (Lipinski definition) is 5. The molecule has 0 radical (unpaired) electrons. The Morgan fingerprint density at radius 1 is 1.07 bits per heavy atom. The number of halogens is 1. The first-order valence-electron chi connectivity index (χ1n) is 10.3. The minimum absolute atomic E-state index is 0. The Kier molecular flexibility index (Phi) is 20.1. The molecule has 0 aliphatic heterocycles. The van der Waals surface area contributed by atoms with Gasteiger partial charge in [0.15, 0.2) is 5.96 Å². The van der Waals surface area contributed by atoms with Crippen LogP contribution in [0.15, 0.2) is 4.99 Å². The number of ether oxygens (including phenoxy) is 3. The van der Waals surface area contributed by atoms with Crippen molar-refractivity contribution in [3.63, 3.8) is 0 Å². The van der Waals surface area contributed by atoms with Crippen molar-refractivity contribution in [2.75, 3.05) is 47.1 Å². The van der Waals surface area contributed by atoms with Gasteiger partial charge in [-0.1, -0.05) is 19.8 Å². The molecule has 0 rings (SSSR count). The van der Waals surface area contributed by atoms with Gasteiger partial charge >= 0.3 is 6.09 Å². The Labute approximate surface area is 194 Å². The number of aliphatic imine (C=N–C) groups is 1. The number of carbonyl (C=O) groups excluding carboxylic acids is 1. The highest BCUT2D eigenvalue weighted by Crippen LogP contribution is 2.07. The van der Waals surface area contributed by atoms with Crippen LogP contribution in [0.2, 0.25) is 0 Å². The molecule has 0 aromatic rings. The number of methoxy groups -OCH3 is 1. The Bertz CT molecular complexity index is 431. The Morgan fingerprint density at radius 2 is 1.79 bits per heavy atom. The van der Waals surface area contributed by atoms with Crippen LogP contribution in [0.4, 0.5) is 4.79 Å². The number of rotatable bonds is 14. The molecule has 174 valence electrons. The molecule has 8 nitrogen and oxygen atoms in total. The summed E-state index contributed by atoms with van der Waals surface area (Å²) in [6.45, 7) is 11.0. The zero-order valence-electron chi connectivity index (χ0n) is 19.1. The quantitative estimate of drug-likeness (QED) is 0.138. The van der Waals surface area contributed by atoms with Gasteiger partial charge in [-0.15, -0.1) is 24.0 Å². The standard InChI is InChI=1S/C20H42N4O4.HI/c1-7-8-11-17(16-23-19(25)28-20(2,3)4)24-18(21-5)22-12-9-10-13-27-15-14-26-6;/h17H,7-16H2,1-6H3,(H,23,25)(H2,21,22,24);1H. The van der Waals surface area contributed by atoms with Crippen molar-refractivity contribution in [1.29, 1.82) is 0 Å². The predicted molar refractivity (Wildman–Crippen MR) is 129 cm³/mol. The van der Waals surface area contributed by atoms with E-state index >= 15 is 0 Å². The molecule has 9 heteroatoms. The zero-order valence-corrected chi connectivity index (χ0v) is 21.5. The van der Waals surface area contributed by atoms with E-state index in [2.05, 4.69) is 27.9 Å². The van der Waals surface area contributed by atoms with Crippen LogP contribution in [0.5, 0.6) is 0 Å². The zero-order chi connectivity index (χ0) is 21.3. The molecule has 0 aromatic carbocycles. The van der Waals surface area contributed by atoms with Gasteiger partial charge in [-0.3, -0.25) is 4.99 Å². The number of amides is 1. The molecule has 0 fully saturated rings. The number of unbranched alkanes of at least 4 members (excludes halogenated alkanes) is 2. The smallest absolute Gasteiger partial charge is 0.407 e. The summed E-state index contributed by atoms with van der Waals surface area (Å²) in [5.41, 5.74) is -0.499. The number of carbonyl (C=O) groups is 1. The summed E-state index contributed by atoms with van der Waals surface area (Å²) in [4.78, 5) is 16.2.